The quantitative estimate of drug-likeness (QED) is 0.537. The maximum atomic E-state index is 14.7. The molecule has 0 saturated carbocycles. The molecule has 8 heteroatoms. The van der Waals surface area contributed by atoms with E-state index < -0.39 is 17.2 Å². The summed E-state index contributed by atoms with van der Waals surface area (Å²) in [5, 5.41) is 0. The lowest BCUT2D eigenvalue weighted by molar-refractivity contribution is -0.137. The number of nitrogens with two attached hydrogens (primary N) is 1. The van der Waals surface area contributed by atoms with E-state index >= 15 is 0 Å². The second-order valence-electron chi connectivity index (χ2n) is 9.63. The Hall–Kier alpha value is -3.13. The molecule has 0 saturated heterocycles. The minimum Gasteiger partial charge on any atom is -0.327 e. The molecule has 5 nitrogen and oxygen atoms in total. The van der Waals surface area contributed by atoms with Gasteiger partial charge < -0.3 is 15.2 Å². The van der Waals surface area contributed by atoms with Gasteiger partial charge in [-0.3, -0.25) is 4.79 Å². The van der Waals surface area contributed by atoms with Gasteiger partial charge in [-0.2, -0.15) is 0 Å². The molecule has 0 unspecified atom stereocenters. The molecule has 0 radical (unpaired) electrons. The van der Waals surface area contributed by atoms with Crippen LogP contribution in [-0.4, -0.2) is 33.4 Å². The monoisotopic (exact) mass is 486 g/mol. The maximum Gasteiger partial charge on any atom is 0.237 e. The van der Waals surface area contributed by atoms with E-state index in [4.69, 9.17) is 10.7 Å². The van der Waals surface area contributed by atoms with E-state index in [0.717, 1.165) is 17.3 Å². The van der Waals surface area contributed by atoms with Gasteiger partial charge in [-0.1, -0.05) is 37.6 Å². The summed E-state index contributed by atoms with van der Waals surface area (Å²) in [7, 11) is 0. The third kappa shape index (κ3) is 5.12. The van der Waals surface area contributed by atoms with E-state index in [1.54, 1.807) is 30.0 Å². The Kier molecular flexibility index (Phi) is 7.74. The van der Waals surface area contributed by atoms with Gasteiger partial charge in [0.2, 0.25) is 5.91 Å². The Labute approximate surface area is 204 Å². The molecule has 0 fully saturated rings. The summed E-state index contributed by atoms with van der Waals surface area (Å²) in [5.74, 6) is -1.39. The highest BCUT2D eigenvalue weighted by atomic mass is 19.2. The molecule has 1 aromatic heterocycles. The molecular weight excluding hydrogens is 453 g/mol. The van der Waals surface area contributed by atoms with E-state index in [0.29, 0.717) is 30.2 Å². The van der Waals surface area contributed by atoms with Gasteiger partial charge in [0.1, 0.15) is 11.6 Å². The Balaban J connectivity index is 0.000000363. The largest absolute Gasteiger partial charge is 0.327 e. The molecule has 2 aromatic carbocycles. The van der Waals surface area contributed by atoms with Gasteiger partial charge in [-0.25, -0.2) is 18.2 Å². The van der Waals surface area contributed by atoms with Gasteiger partial charge >= 0.3 is 0 Å². The van der Waals surface area contributed by atoms with Crippen LogP contribution in [0.2, 0.25) is 0 Å². The van der Waals surface area contributed by atoms with Crippen LogP contribution in [0.1, 0.15) is 56.3 Å². The van der Waals surface area contributed by atoms with E-state index in [1.807, 2.05) is 39.2 Å². The molecule has 1 aliphatic heterocycles. The molecule has 1 amide bonds. The number of amides is 1. The Morgan fingerprint density at radius 2 is 1.69 bits per heavy atom. The summed E-state index contributed by atoms with van der Waals surface area (Å²) in [6, 6.07) is 9.09. The van der Waals surface area contributed by atoms with Gasteiger partial charge in [-0.05, 0) is 57.4 Å². The Morgan fingerprint density at radius 1 is 1.06 bits per heavy atom. The molecule has 3 aromatic rings. The molecule has 0 bridgehead atoms. The number of aromatic nitrogens is 2. The number of hydrogen-bond donors (Lipinski definition) is 1. The van der Waals surface area contributed by atoms with Crippen LogP contribution in [0.25, 0.3) is 11.3 Å². The van der Waals surface area contributed by atoms with Gasteiger partial charge in [0, 0.05) is 24.3 Å². The molecule has 0 atom stereocenters. The summed E-state index contributed by atoms with van der Waals surface area (Å²) in [5.41, 5.74) is 8.07. The van der Waals surface area contributed by atoms with Crippen molar-refractivity contribution in [2.45, 2.75) is 59.5 Å². The first kappa shape index (κ1) is 26.5. The van der Waals surface area contributed by atoms with Crippen LogP contribution in [0.3, 0.4) is 0 Å². The van der Waals surface area contributed by atoms with Gasteiger partial charge in [0.25, 0.3) is 0 Å². The number of imidazole rings is 1. The number of halogens is 3. The van der Waals surface area contributed by atoms with Crippen molar-refractivity contribution in [2.75, 3.05) is 13.1 Å². The first-order valence-electron chi connectivity index (χ1n) is 11.7. The lowest BCUT2D eigenvalue weighted by atomic mass is 9.97. The molecule has 2 N–H and O–H groups in total. The van der Waals surface area contributed by atoms with Crippen molar-refractivity contribution in [2.24, 2.45) is 5.73 Å². The van der Waals surface area contributed by atoms with Gasteiger partial charge in [-0.15, -0.1) is 0 Å². The van der Waals surface area contributed by atoms with Crippen LogP contribution in [0.15, 0.2) is 36.4 Å². The fourth-order valence-corrected chi connectivity index (χ4v) is 4.55. The van der Waals surface area contributed by atoms with Crippen LogP contribution in [0.4, 0.5) is 13.2 Å². The number of benzene rings is 2. The number of nitrogens with zero attached hydrogens (tertiary/aromatic N) is 3. The lowest BCUT2D eigenvalue weighted by Gasteiger charge is -2.42. The van der Waals surface area contributed by atoms with Crippen molar-refractivity contribution in [1.82, 2.24) is 14.5 Å². The first-order valence-corrected chi connectivity index (χ1v) is 11.7. The molecule has 0 spiro atoms. The van der Waals surface area contributed by atoms with E-state index in [-0.39, 0.29) is 29.8 Å². The van der Waals surface area contributed by atoms with Crippen LogP contribution in [-0.2, 0) is 16.9 Å². The molecule has 4 rings (SSSR count). The number of fused-ring (bicyclic) bond motifs is 1. The maximum absolute atomic E-state index is 14.7. The fourth-order valence-electron chi connectivity index (χ4n) is 4.55. The molecular formula is C27H33F3N4O. The van der Waals surface area contributed by atoms with Crippen molar-refractivity contribution < 1.29 is 18.0 Å². The molecule has 35 heavy (non-hydrogen) atoms. The zero-order valence-electron chi connectivity index (χ0n) is 21.1. The number of aryl methyl sites for hydroxylation is 2. The third-order valence-corrected chi connectivity index (χ3v) is 6.35. The van der Waals surface area contributed by atoms with Crippen molar-refractivity contribution in [3.8, 4) is 11.3 Å². The van der Waals surface area contributed by atoms with Crippen LogP contribution in [0, 0.1) is 31.3 Å². The Morgan fingerprint density at radius 3 is 2.23 bits per heavy atom. The highest BCUT2D eigenvalue weighted by molar-refractivity contribution is 5.79. The second kappa shape index (κ2) is 10.2. The predicted molar refractivity (Wildman–Crippen MR) is 131 cm³/mol. The summed E-state index contributed by atoms with van der Waals surface area (Å²) >= 11 is 0. The summed E-state index contributed by atoms with van der Waals surface area (Å²) in [6.45, 7) is 12.5. The highest BCUT2D eigenvalue weighted by Gasteiger charge is 2.41. The molecule has 1 aliphatic rings. The zero-order valence-corrected chi connectivity index (χ0v) is 21.1. The number of carbonyl (C=O) groups excluding carboxylic acids is 1. The van der Waals surface area contributed by atoms with E-state index in [1.165, 1.54) is 12.1 Å². The van der Waals surface area contributed by atoms with Crippen molar-refractivity contribution in [1.29, 1.82) is 0 Å². The van der Waals surface area contributed by atoms with Crippen LogP contribution < -0.4 is 5.73 Å². The Bertz CT molecular complexity index is 1200. The average molecular weight is 487 g/mol. The smallest absolute Gasteiger partial charge is 0.237 e. The zero-order chi connectivity index (χ0) is 26.1. The van der Waals surface area contributed by atoms with Crippen molar-refractivity contribution >= 4 is 5.91 Å². The predicted octanol–water partition coefficient (Wildman–Crippen LogP) is 5.43. The highest BCUT2D eigenvalue weighted by Crippen LogP contribution is 2.40. The normalized spacial score (nSPS) is 14.4. The summed E-state index contributed by atoms with van der Waals surface area (Å²) in [4.78, 5) is 18.7. The standard InChI is InChI=1S/C20H26F2N4O.C7H7F/c1-11(2)18-17(15-12(3)6-7-13(21)16(15)22)24-19-20(4,5)26(14(27)10-23)9-8-25(18)19;1-6-2-4-7(8)5-3-6/h6-7,11H,8-10,23H2,1-5H3;2-5H,1H3. The fraction of sp³-hybridized carbons (Fsp3) is 0.407. The van der Waals surface area contributed by atoms with Gasteiger partial charge in [0.05, 0.1) is 17.8 Å². The average Bonchev–Trinajstić information content (AvgIpc) is 3.19. The summed E-state index contributed by atoms with van der Waals surface area (Å²) in [6.07, 6.45) is 0. The second-order valence-corrected chi connectivity index (χ2v) is 9.63. The van der Waals surface area contributed by atoms with Crippen LogP contribution >= 0.6 is 0 Å². The number of carbonyl (C=O) groups is 1. The van der Waals surface area contributed by atoms with E-state index in [2.05, 4.69) is 0 Å². The minimum atomic E-state index is -0.893. The van der Waals surface area contributed by atoms with Gasteiger partial charge in [0.15, 0.2) is 11.6 Å². The third-order valence-electron chi connectivity index (χ3n) is 6.35. The number of rotatable bonds is 3. The molecule has 188 valence electrons. The molecule has 2 heterocycles. The summed E-state index contributed by atoms with van der Waals surface area (Å²) < 4.78 is 42.8. The topological polar surface area (TPSA) is 64.2 Å². The van der Waals surface area contributed by atoms with Crippen LogP contribution in [0.5, 0.6) is 0 Å². The van der Waals surface area contributed by atoms with Crippen molar-refractivity contribution in [3.63, 3.8) is 0 Å². The van der Waals surface area contributed by atoms with Crippen molar-refractivity contribution in [3.05, 3.63) is 76.5 Å². The number of hydrogen-bond acceptors (Lipinski definition) is 3. The minimum absolute atomic E-state index is 0.0517. The van der Waals surface area contributed by atoms with E-state index in [9.17, 15) is 18.0 Å². The lowest BCUT2D eigenvalue weighted by Crippen LogP contribution is -2.53. The SMILES string of the molecule is Cc1ccc(F)c(F)c1-c1nc2n(c1C(C)C)CCN(C(=O)CN)C2(C)C.Cc1ccc(F)cc1. The first-order chi connectivity index (χ1) is 16.4. The molecule has 0 aliphatic carbocycles.